The lowest BCUT2D eigenvalue weighted by molar-refractivity contribution is -0.146. The highest BCUT2D eigenvalue weighted by Crippen LogP contribution is 2.07. The van der Waals surface area contributed by atoms with Crippen LogP contribution in [0.4, 0.5) is 4.79 Å². The van der Waals surface area contributed by atoms with Crippen molar-refractivity contribution >= 4 is 18.0 Å². The molecule has 0 unspecified atom stereocenters. The van der Waals surface area contributed by atoms with Crippen LogP contribution in [0.1, 0.15) is 34.1 Å². The van der Waals surface area contributed by atoms with Crippen molar-refractivity contribution < 1.29 is 29.0 Å². The van der Waals surface area contributed by atoms with E-state index in [9.17, 15) is 14.4 Å². The summed E-state index contributed by atoms with van der Waals surface area (Å²) in [5.41, 5.74) is -0.682. The number of hydrogen-bond donors (Lipinski definition) is 3. The third-order valence-corrected chi connectivity index (χ3v) is 2.40. The number of carbonyl (C=O) groups is 3. The first kappa shape index (κ1) is 19.2. The van der Waals surface area contributed by atoms with E-state index in [4.69, 9.17) is 9.84 Å². The Morgan fingerprint density at radius 2 is 1.71 bits per heavy atom. The van der Waals surface area contributed by atoms with Crippen molar-refractivity contribution in [3.8, 4) is 0 Å². The zero-order valence-electron chi connectivity index (χ0n) is 13.1. The van der Waals surface area contributed by atoms with E-state index in [0.29, 0.717) is 6.42 Å². The molecule has 0 saturated heterocycles. The minimum absolute atomic E-state index is 0.296. The van der Waals surface area contributed by atoms with Crippen LogP contribution in [0, 0.1) is 0 Å². The van der Waals surface area contributed by atoms with Gasteiger partial charge in [-0.2, -0.15) is 0 Å². The van der Waals surface area contributed by atoms with E-state index in [-0.39, 0.29) is 0 Å². The van der Waals surface area contributed by atoms with Gasteiger partial charge in [0.2, 0.25) is 5.91 Å². The Labute approximate surface area is 124 Å². The van der Waals surface area contributed by atoms with E-state index >= 15 is 0 Å². The molecule has 0 saturated carbocycles. The lowest BCUT2D eigenvalue weighted by Gasteiger charge is -2.23. The quantitative estimate of drug-likeness (QED) is 0.592. The van der Waals surface area contributed by atoms with Gasteiger partial charge in [0.05, 0.1) is 13.7 Å². The fourth-order valence-corrected chi connectivity index (χ4v) is 1.40. The molecule has 0 aliphatic rings. The minimum atomic E-state index is -1.17. The molecule has 0 aromatic rings. The molecule has 3 N–H and O–H groups in total. The van der Waals surface area contributed by atoms with Crippen molar-refractivity contribution in [2.45, 2.75) is 51.8 Å². The molecule has 8 heteroatoms. The van der Waals surface area contributed by atoms with Crippen LogP contribution in [0.25, 0.3) is 0 Å². The van der Waals surface area contributed by atoms with Crippen molar-refractivity contribution in [2.75, 3.05) is 13.7 Å². The highest BCUT2D eigenvalue weighted by molar-refractivity contribution is 5.89. The fourth-order valence-electron chi connectivity index (χ4n) is 1.40. The molecule has 2 amide bonds. The molecule has 2 atom stereocenters. The lowest BCUT2D eigenvalue weighted by atomic mass is 10.2. The van der Waals surface area contributed by atoms with Gasteiger partial charge in [-0.25, -0.2) is 9.59 Å². The maximum Gasteiger partial charge on any atom is 0.408 e. The van der Waals surface area contributed by atoms with E-state index < -0.39 is 42.3 Å². The molecular formula is C13H24N2O6. The van der Waals surface area contributed by atoms with Gasteiger partial charge in [0, 0.05) is 0 Å². The van der Waals surface area contributed by atoms with Crippen LogP contribution >= 0.6 is 0 Å². The predicted octanol–water partition coefficient (Wildman–Crippen LogP) is -0.0602. The fraction of sp³-hybridized carbons (Fsp3) is 0.769. The molecule has 0 rings (SSSR count). The van der Waals surface area contributed by atoms with Crippen molar-refractivity contribution in [2.24, 2.45) is 0 Å². The second-order valence-corrected chi connectivity index (χ2v) is 5.37. The van der Waals surface area contributed by atoms with Crippen LogP contribution < -0.4 is 10.6 Å². The Kier molecular flexibility index (Phi) is 7.72. The van der Waals surface area contributed by atoms with Crippen LogP contribution in [-0.4, -0.2) is 54.5 Å². The molecule has 0 aliphatic heterocycles. The molecule has 0 aromatic carbocycles. The third kappa shape index (κ3) is 7.50. The second kappa shape index (κ2) is 8.46. The van der Waals surface area contributed by atoms with Gasteiger partial charge in [-0.1, -0.05) is 6.92 Å². The molecule has 0 heterocycles. The largest absolute Gasteiger partial charge is 0.467 e. The average molecular weight is 304 g/mol. The normalized spacial score (nSPS) is 13.8. The first-order chi connectivity index (χ1) is 9.64. The molecule has 0 bridgehead atoms. The molecule has 0 spiro atoms. The van der Waals surface area contributed by atoms with E-state index in [1.807, 2.05) is 0 Å². The summed E-state index contributed by atoms with van der Waals surface area (Å²) in [4.78, 5) is 34.9. The van der Waals surface area contributed by atoms with E-state index in [1.165, 1.54) is 0 Å². The van der Waals surface area contributed by atoms with Gasteiger partial charge in [0.1, 0.15) is 11.6 Å². The molecule has 0 aromatic heterocycles. The van der Waals surface area contributed by atoms with Crippen molar-refractivity contribution in [3.63, 3.8) is 0 Å². The molecule has 0 radical (unpaired) electrons. The standard InChI is InChI=1S/C13H24N2O6/c1-6-8(15-12(19)21-13(2,3)4)10(17)14-9(7-16)11(18)20-5/h8-9,16H,6-7H2,1-5H3,(H,14,17)(H,15,19)/t8-,9-/m0/s1. The number of methoxy groups -OCH3 is 1. The van der Waals surface area contributed by atoms with Crippen LogP contribution in [0.3, 0.4) is 0 Å². The number of ether oxygens (including phenoxy) is 2. The molecule has 8 nitrogen and oxygen atoms in total. The third-order valence-electron chi connectivity index (χ3n) is 2.40. The smallest absolute Gasteiger partial charge is 0.408 e. The summed E-state index contributed by atoms with van der Waals surface area (Å²) in [5, 5.41) is 13.7. The summed E-state index contributed by atoms with van der Waals surface area (Å²) in [5.74, 6) is -1.37. The van der Waals surface area contributed by atoms with Gasteiger partial charge < -0.3 is 25.2 Å². The summed E-state index contributed by atoms with van der Waals surface area (Å²) in [7, 11) is 1.15. The highest BCUT2D eigenvalue weighted by atomic mass is 16.6. The first-order valence-corrected chi connectivity index (χ1v) is 6.63. The number of carbonyl (C=O) groups excluding carboxylic acids is 3. The predicted molar refractivity (Wildman–Crippen MR) is 74.5 cm³/mol. The number of alkyl carbamates (subject to hydrolysis) is 1. The summed E-state index contributed by atoms with van der Waals surface area (Å²) in [6.45, 7) is 6.20. The van der Waals surface area contributed by atoms with Crippen LogP contribution in [0.2, 0.25) is 0 Å². The van der Waals surface area contributed by atoms with Gasteiger partial charge in [-0.3, -0.25) is 4.79 Å². The van der Waals surface area contributed by atoms with Crippen LogP contribution in [0.15, 0.2) is 0 Å². The number of amides is 2. The SMILES string of the molecule is CC[C@H](NC(=O)OC(C)(C)C)C(=O)N[C@@H](CO)C(=O)OC. The van der Waals surface area contributed by atoms with Crippen LogP contribution in [0.5, 0.6) is 0 Å². The Balaban J connectivity index is 4.62. The Morgan fingerprint density at radius 3 is 2.10 bits per heavy atom. The van der Waals surface area contributed by atoms with E-state index in [1.54, 1.807) is 27.7 Å². The van der Waals surface area contributed by atoms with E-state index in [2.05, 4.69) is 15.4 Å². The van der Waals surface area contributed by atoms with Gasteiger partial charge >= 0.3 is 12.1 Å². The first-order valence-electron chi connectivity index (χ1n) is 6.63. The summed E-state index contributed by atoms with van der Waals surface area (Å²) < 4.78 is 9.49. The number of aliphatic hydroxyl groups is 1. The summed E-state index contributed by atoms with van der Waals surface area (Å²) in [6, 6.07) is -2.05. The number of esters is 1. The van der Waals surface area contributed by atoms with Crippen molar-refractivity contribution in [1.29, 1.82) is 0 Å². The molecule has 21 heavy (non-hydrogen) atoms. The van der Waals surface area contributed by atoms with E-state index in [0.717, 1.165) is 7.11 Å². The average Bonchev–Trinajstić information content (AvgIpc) is 2.38. The van der Waals surface area contributed by atoms with Gasteiger partial charge in [-0.05, 0) is 27.2 Å². The van der Waals surface area contributed by atoms with Crippen molar-refractivity contribution in [3.05, 3.63) is 0 Å². The zero-order valence-corrected chi connectivity index (χ0v) is 13.1. The maximum atomic E-state index is 12.0. The number of rotatable bonds is 6. The number of aliphatic hydroxyl groups excluding tert-OH is 1. The van der Waals surface area contributed by atoms with Gasteiger partial charge in [0.15, 0.2) is 6.04 Å². The number of hydrogen-bond acceptors (Lipinski definition) is 6. The lowest BCUT2D eigenvalue weighted by Crippen LogP contribution is -2.53. The summed E-state index contributed by atoms with van der Waals surface area (Å²) in [6.07, 6.45) is -0.437. The summed E-state index contributed by atoms with van der Waals surface area (Å²) >= 11 is 0. The Morgan fingerprint density at radius 1 is 1.14 bits per heavy atom. The van der Waals surface area contributed by atoms with Crippen molar-refractivity contribution in [1.82, 2.24) is 10.6 Å². The molecular weight excluding hydrogens is 280 g/mol. The Bertz CT molecular complexity index is 377. The second-order valence-electron chi connectivity index (χ2n) is 5.37. The zero-order chi connectivity index (χ0) is 16.6. The molecule has 0 aliphatic carbocycles. The highest BCUT2D eigenvalue weighted by Gasteiger charge is 2.27. The van der Waals surface area contributed by atoms with Gasteiger partial charge in [0.25, 0.3) is 0 Å². The topological polar surface area (TPSA) is 114 Å². The Hall–Kier alpha value is -1.83. The van der Waals surface area contributed by atoms with Crippen LogP contribution in [-0.2, 0) is 19.1 Å². The molecule has 0 fully saturated rings. The minimum Gasteiger partial charge on any atom is -0.467 e. The monoisotopic (exact) mass is 304 g/mol. The van der Waals surface area contributed by atoms with Gasteiger partial charge in [-0.15, -0.1) is 0 Å². The number of nitrogens with one attached hydrogen (secondary N) is 2. The molecule has 122 valence electrons. The maximum absolute atomic E-state index is 12.0.